The Morgan fingerprint density at radius 3 is 2.82 bits per heavy atom. The zero-order valence-electron chi connectivity index (χ0n) is 19.6. The fourth-order valence-electron chi connectivity index (χ4n) is 4.90. The first kappa shape index (κ1) is 23.0. The second-order valence-electron chi connectivity index (χ2n) is 9.05. The molecule has 0 bridgehead atoms. The zero-order chi connectivity index (χ0) is 23.5. The van der Waals surface area contributed by atoms with Crippen molar-refractivity contribution >= 4 is 34.5 Å². The summed E-state index contributed by atoms with van der Waals surface area (Å²) in [5.41, 5.74) is 3.73. The van der Waals surface area contributed by atoms with Gasteiger partial charge in [-0.2, -0.15) is 0 Å². The van der Waals surface area contributed by atoms with Crippen LogP contribution in [0.5, 0.6) is 5.75 Å². The van der Waals surface area contributed by atoms with Crippen molar-refractivity contribution in [2.24, 2.45) is 0 Å². The number of hydrogen-bond donors (Lipinski definition) is 2. The van der Waals surface area contributed by atoms with Crippen molar-refractivity contribution in [3.8, 4) is 5.75 Å². The number of nitrogens with one attached hydrogen (secondary N) is 2. The first-order chi connectivity index (χ1) is 16.6. The molecule has 2 aliphatic heterocycles. The minimum atomic E-state index is -0.170. The molecule has 0 saturated carbocycles. The molecule has 0 spiro atoms. The van der Waals surface area contributed by atoms with E-state index in [9.17, 15) is 0 Å². The van der Waals surface area contributed by atoms with Crippen LogP contribution in [0.1, 0.15) is 49.0 Å². The molecule has 0 amide bonds. The third-order valence-electron chi connectivity index (χ3n) is 6.65. The van der Waals surface area contributed by atoms with E-state index >= 15 is 0 Å². The maximum atomic E-state index is 7.94. The Morgan fingerprint density at radius 2 is 2.00 bits per heavy atom. The van der Waals surface area contributed by atoms with Crippen LogP contribution in [-0.2, 0) is 11.2 Å². The molecule has 6 nitrogen and oxygen atoms in total. The number of nitrogens with zero attached hydrogens (tertiary/aromatic N) is 1. The molecule has 0 unspecified atom stereocenters. The van der Waals surface area contributed by atoms with Gasteiger partial charge in [0, 0.05) is 30.2 Å². The lowest BCUT2D eigenvalue weighted by Crippen LogP contribution is -2.34. The molecule has 1 fully saturated rings. The predicted molar refractivity (Wildman–Crippen MR) is 137 cm³/mol. The summed E-state index contributed by atoms with van der Waals surface area (Å²) < 4.78 is 16.8. The normalized spacial score (nSPS) is 16.5. The average Bonchev–Trinajstić information content (AvgIpc) is 3.49. The highest BCUT2D eigenvalue weighted by molar-refractivity contribution is 7.99. The predicted octanol–water partition coefficient (Wildman–Crippen LogP) is 6.07. The van der Waals surface area contributed by atoms with Crippen molar-refractivity contribution in [1.29, 1.82) is 10.8 Å². The summed E-state index contributed by atoms with van der Waals surface area (Å²) in [5, 5.41) is 16.2. The molecule has 2 N–H and O–H groups in total. The molecule has 3 heterocycles. The van der Waals surface area contributed by atoms with Crippen molar-refractivity contribution in [2.45, 2.75) is 43.4 Å². The van der Waals surface area contributed by atoms with E-state index in [-0.39, 0.29) is 11.8 Å². The van der Waals surface area contributed by atoms with Crippen LogP contribution in [0.3, 0.4) is 0 Å². The van der Waals surface area contributed by atoms with E-state index in [1.165, 1.54) is 42.4 Å². The summed E-state index contributed by atoms with van der Waals surface area (Å²) in [6.45, 7) is 5.45. The monoisotopic (exact) mass is 477 g/mol. The lowest BCUT2D eigenvalue weighted by atomic mass is 9.88. The quantitative estimate of drug-likeness (QED) is 0.245. The fraction of sp³-hybridized carbons (Fsp3) is 0.407. The van der Waals surface area contributed by atoms with Gasteiger partial charge in [0.25, 0.3) is 5.90 Å². The molecule has 3 aromatic rings. The average molecular weight is 478 g/mol. The van der Waals surface area contributed by atoms with Crippen molar-refractivity contribution in [3.05, 3.63) is 59.4 Å². The summed E-state index contributed by atoms with van der Waals surface area (Å²) >= 11 is 1.99. The molecule has 34 heavy (non-hydrogen) atoms. The minimum Gasteiger partial charge on any atom is -0.493 e. The molecule has 1 saturated heterocycles. The van der Waals surface area contributed by atoms with Crippen LogP contribution in [0.25, 0.3) is 11.0 Å². The molecule has 2 aliphatic rings. The Morgan fingerprint density at radius 1 is 1.15 bits per heavy atom. The number of thioether (sulfide) groups is 1. The summed E-state index contributed by atoms with van der Waals surface area (Å²) in [4.78, 5) is 4.04. The number of piperidine rings is 1. The first-order valence-electron chi connectivity index (χ1n) is 12.0. The van der Waals surface area contributed by atoms with Crippen molar-refractivity contribution in [3.63, 3.8) is 0 Å². The van der Waals surface area contributed by atoms with Crippen LogP contribution in [0, 0.1) is 10.8 Å². The lowest BCUT2D eigenvalue weighted by Gasteiger charge is -2.32. The van der Waals surface area contributed by atoms with Gasteiger partial charge in [0.2, 0.25) is 0 Å². The molecule has 0 atom stereocenters. The summed E-state index contributed by atoms with van der Waals surface area (Å²) in [6.07, 6.45) is 4.65. The second-order valence-corrected chi connectivity index (χ2v) is 10.2. The molecular formula is C27H31N3O3S. The molecule has 0 aliphatic carbocycles. The van der Waals surface area contributed by atoms with E-state index in [1.54, 1.807) is 11.6 Å². The number of furan rings is 1. The van der Waals surface area contributed by atoms with Gasteiger partial charge in [-0.1, -0.05) is 18.2 Å². The van der Waals surface area contributed by atoms with Crippen LogP contribution in [-0.4, -0.2) is 48.7 Å². The van der Waals surface area contributed by atoms with E-state index in [4.69, 9.17) is 24.7 Å². The zero-order valence-corrected chi connectivity index (χ0v) is 20.4. The SMILES string of the molecule is CC(=N)OC(=N)c1cc2c(OCCCN3CCC(c4ccc5c(c4)CCS5)CC3)cccc2o1. The third kappa shape index (κ3) is 5.15. The van der Waals surface area contributed by atoms with Gasteiger partial charge in [0.15, 0.2) is 11.7 Å². The smallest absolute Gasteiger partial charge is 0.256 e. The second kappa shape index (κ2) is 10.2. The standard InChI is InChI=1S/C27H31N3O3S/c1-18(28)32-27(29)25-17-22-23(4-2-5-24(22)33-25)31-14-3-11-30-12-8-19(9-13-30)20-6-7-26-21(16-20)10-15-34-26/h2,4-7,16-17,19,28-29H,3,8-15H2,1H3. The molecule has 7 heteroatoms. The van der Waals surface area contributed by atoms with E-state index in [2.05, 4.69) is 23.1 Å². The number of aryl methyl sites for hydroxylation is 1. The highest BCUT2D eigenvalue weighted by atomic mass is 32.2. The van der Waals surface area contributed by atoms with E-state index in [0.717, 1.165) is 37.2 Å². The van der Waals surface area contributed by atoms with Gasteiger partial charge in [-0.05, 0) is 74.0 Å². The maximum absolute atomic E-state index is 7.94. The Kier molecular flexibility index (Phi) is 6.92. The van der Waals surface area contributed by atoms with Gasteiger partial charge in [0.1, 0.15) is 11.3 Å². The van der Waals surface area contributed by atoms with Gasteiger partial charge in [-0.3, -0.25) is 10.8 Å². The summed E-state index contributed by atoms with van der Waals surface area (Å²) in [6, 6.07) is 14.6. The number of likely N-dealkylation sites (tertiary alicyclic amines) is 1. The maximum Gasteiger partial charge on any atom is 0.256 e. The molecule has 1 aromatic heterocycles. The van der Waals surface area contributed by atoms with Gasteiger partial charge in [-0.25, -0.2) is 0 Å². The highest BCUT2D eigenvalue weighted by Crippen LogP contribution is 2.36. The highest BCUT2D eigenvalue weighted by Gasteiger charge is 2.22. The number of benzene rings is 2. The number of hydrogen-bond acceptors (Lipinski definition) is 7. The topological polar surface area (TPSA) is 82.5 Å². The van der Waals surface area contributed by atoms with E-state index < -0.39 is 0 Å². The number of rotatable bonds is 7. The molecule has 2 aromatic carbocycles. The lowest BCUT2D eigenvalue weighted by molar-refractivity contribution is 0.193. The summed E-state index contributed by atoms with van der Waals surface area (Å²) in [5.74, 6) is 2.76. The van der Waals surface area contributed by atoms with Crippen LogP contribution < -0.4 is 4.74 Å². The van der Waals surface area contributed by atoms with Gasteiger partial charge in [-0.15, -0.1) is 11.8 Å². The van der Waals surface area contributed by atoms with E-state index in [0.29, 0.717) is 23.9 Å². The molecule has 5 rings (SSSR count). The van der Waals surface area contributed by atoms with Crippen molar-refractivity contribution < 1.29 is 13.9 Å². The third-order valence-corrected chi connectivity index (χ3v) is 7.77. The van der Waals surface area contributed by atoms with Crippen LogP contribution in [0.4, 0.5) is 0 Å². The fourth-order valence-corrected chi connectivity index (χ4v) is 5.95. The van der Waals surface area contributed by atoms with Gasteiger partial charge in [0.05, 0.1) is 12.0 Å². The Labute approximate surface area is 204 Å². The van der Waals surface area contributed by atoms with Gasteiger partial charge < -0.3 is 18.8 Å². The minimum absolute atomic E-state index is 0.0441. The summed E-state index contributed by atoms with van der Waals surface area (Å²) in [7, 11) is 0. The Balaban J connectivity index is 1.09. The van der Waals surface area contributed by atoms with E-state index in [1.807, 2.05) is 30.0 Å². The van der Waals surface area contributed by atoms with Crippen LogP contribution >= 0.6 is 11.8 Å². The first-order valence-corrected chi connectivity index (χ1v) is 13.0. The molecule has 0 radical (unpaired) electrons. The molecule has 178 valence electrons. The Bertz CT molecular complexity index is 1200. The number of ether oxygens (including phenoxy) is 2. The van der Waals surface area contributed by atoms with Crippen LogP contribution in [0.2, 0.25) is 0 Å². The van der Waals surface area contributed by atoms with Gasteiger partial charge >= 0.3 is 0 Å². The van der Waals surface area contributed by atoms with Crippen LogP contribution in [0.15, 0.2) is 51.8 Å². The van der Waals surface area contributed by atoms with Crippen molar-refractivity contribution in [1.82, 2.24) is 4.90 Å². The Hall–Kier alpha value is -2.77. The number of fused-ring (bicyclic) bond motifs is 2. The largest absolute Gasteiger partial charge is 0.493 e. The molecular weight excluding hydrogens is 446 g/mol. The van der Waals surface area contributed by atoms with Crippen molar-refractivity contribution in [2.75, 3.05) is 32.0 Å².